The first-order valence-electron chi connectivity index (χ1n) is 7.18. The van der Waals surface area contributed by atoms with Crippen LogP contribution in [0, 0.1) is 0 Å². The van der Waals surface area contributed by atoms with Crippen molar-refractivity contribution in [2.24, 2.45) is 0 Å². The number of anilines is 1. The molecule has 0 aromatic heterocycles. The van der Waals surface area contributed by atoms with Crippen molar-refractivity contribution in [2.75, 3.05) is 18.5 Å². The lowest BCUT2D eigenvalue weighted by atomic mass is 10.0. The summed E-state index contributed by atoms with van der Waals surface area (Å²) in [5.74, 6) is 1.85. The van der Waals surface area contributed by atoms with Crippen LogP contribution >= 0.6 is 15.9 Å². The average molecular weight is 348 g/mol. The molecule has 3 nitrogen and oxygen atoms in total. The third-order valence-electron chi connectivity index (χ3n) is 3.50. The molecule has 0 radical (unpaired) electrons. The molecule has 1 atom stereocenters. The molecule has 4 heteroatoms. The smallest absolute Gasteiger partial charge is 0.124 e. The van der Waals surface area contributed by atoms with Crippen LogP contribution < -0.4 is 14.8 Å². The predicted molar refractivity (Wildman–Crippen MR) is 88.2 cm³/mol. The van der Waals surface area contributed by atoms with Crippen LogP contribution in [-0.4, -0.2) is 13.2 Å². The summed E-state index contributed by atoms with van der Waals surface area (Å²) in [5.41, 5.74) is 2.26. The van der Waals surface area contributed by atoms with Gasteiger partial charge in [-0.25, -0.2) is 0 Å². The van der Waals surface area contributed by atoms with Crippen molar-refractivity contribution >= 4 is 21.6 Å². The first-order valence-corrected chi connectivity index (χ1v) is 7.97. The van der Waals surface area contributed by atoms with E-state index < -0.39 is 0 Å². The molecule has 1 N–H and O–H groups in total. The van der Waals surface area contributed by atoms with Crippen molar-refractivity contribution in [1.29, 1.82) is 0 Å². The number of benzene rings is 2. The molecular formula is C17H18BrNO2. The quantitative estimate of drug-likeness (QED) is 0.862. The van der Waals surface area contributed by atoms with Gasteiger partial charge in [0.25, 0.3) is 0 Å². The number of halogens is 1. The normalized spacial score (nSPS) is 16.8. The van der Waals surface area contributed by atoms with Crippen LogP contribution in [0.1, 0.15) is 24.9 Å². The Morgan fingerprint density at radius 2 is 2.19 bits per heavy atom. The average Bonchev–Trinajstić information content (AvgIpc) is 2.49. The van der Waals surface area contributed by atoms with Crippen LogP contribution in [0.2, 0.25) is 0 Å². The lowest BCUT2D eigenvalue weighted by Gasteiger charge is -2.27. The SMILES string of the molecule is CCOc1cccc(NC2CCOc3ccc(Br)cc32)c1. The first-order chi connectivity index (χ1) is 10.3. The molecule has 0 aliphatic carbocycles. The molecule has 2 aromatic rings. The van der Waals surface area contributed by atoms with Crippen LogP contribution in [0.15, 0.2) is 46.9 Å². The molecule has 0 fully saturated rings. The topological polar surface area (TPSA) is 30.5 Å². The summed E-state index contributed by atoms with van der Waals surface area (Å²) in [6.07, 6.45) is 0.947. The minimum Gasteiger partial charge on any atom is -0.494 e. The fourth-order valence-electron chi connectivity index (χ4n) is 2.56. The zero-order valence-corrected chi connectivity index (χ0v) is 13.5. The van der Waals surface area contributed by atoms with E-state index >= 15 is 0 Å². The second-order valence-corrected chi connectivity index (χ2v) is 5.89. The van der Waals surface area contributed by atoms with Gasteiger partial charge in [0.2, 0.25) is 0 Å². The second-order valence-electron chi connectivity index (χ2n) is 4.98. The highest BCUT2D eigenvalue weighted by Crippen LogP contribution is 2.36. The molecule has 3 rings (SSSR count). The van der Waals surface area contributed by atoms with E-state index in [2.05, 4.69) is 33.4 Å². The Morgan fingerprint density at radius 1 is 1.29 bits per heavy atom. The van der Waals surface area contributed by atoms with E-state index in [1.165, 1.54) is 5.56 Å². The van der Waals surface area contributed by atoms with E-state index in [4.69, 9.17) is 9.47 Å². The maximum atomic E-state index is 5.72. The summed E-state index contributed by atoms with van der Waals surface area (Å²) in [7, 11) is 0. The van der Waals surface area contributed by atoms with Crippen LogP contribution in [0.25, 0.3) is 0 Å². The number of hydrogen-bond donors (Lipinski definition) is 1. The zero-order valence-electron chi connectivity index (χ0n) is 11.9. The van der Waals surface area contributed by atoms with Crippen LogP contribution in [-0.2, 0) is 0 Å². The number of rotatable bonds is 4. The summed E-state index contributed by atoms with van der Waals surface area (Å²) in [5, 5.41) is 3.58. The molecule has 0 saturated heterocycles. The molecule has 1 aliphatic heterocycles. The molecule has 0 saturated carbocycles. The molecule has 1 aliphatic rings. The first kappa shape index (κ1) is 14.3. The van der Waals surface area contributed by atoms with Crippen LogP contribution in [0.3, 0.4) is 0 Å². The largest absolute Gasteiger partial charge is 0.494 e. The maximum absolute atomic E-state index is 5.72. The lowest BCUT2D eigenvalue weighted by molar-refractivity contribution is 0.274. The van der Waals surface area contributed by atoms with Gasteiger partial charge >= 0.3 is 0 Å². The van der Waals surface area contributed by atoms with Gasteiger partial charge in [0.05, 0.1) is 19.3 Å². The fourth-order valence-corrected chi connectivity index (χ4v) is 2.94. The van der Waals surface area contributed by atoms with Crippen molar-refractivity contribution < 1.29 is 9.47 Å². The Kier molecular flexibility index (Phi) is 4.34. The highest BCUT2D eigenvalue weighted by atomic mass is 79.9. The molecule has 0 amide bonds. The fraction of sp³-hybridized carbons (Fsp3) is 0.294. The Balaban J connectivity index is 1.83. The molecular weight excluding hydrogens is 330 g/mol. The lowest BCUT2D eigenvalue weighted by Crippen LogP contribution is -2.20. The molecule has 0 spiro atoms. The number of ether oxygens (including phenoxy) is 2. The van der Waals surface area contributed by atoms with Crippen molar-refractivity contribution in [3.05, 3.63) is 52.5 Å². The minimum absolute atomic E-state index is 0.253. The summed E-state index contributed by atoms with van der Waals surface area (Å²) < 4.78 is 12.3. The Morgan fingerprint density at radius 3 is 3.05 bits per heavy atom. The molecule has 1 unspecified atom stereocenters. The molecule has 2 aromatic carbocycles. The van der Waals surface area contributed by atoms with E-state index in [0.29, 0.717) is 6.61 Å². The van der Waals surface area contributed by atoms with E-state index in [0.717, 1.165) is 34.7 Å². The molecule has 1 heterocycles. The third kappa shape index (κ3) is 3.32. The summed E-state index contributed by atoms with van der Waals surface area (Å²) in [4.78, 5) is 0. The number of nitrogens with one attached hydrogen (secondary N) is 1. The van der Waals surface area contributed by atoms with Gasteiger partial charge in [-0.2, -0.15) is 0 Å². The second kappa shape index (κ2) is 6.39. The van der Waals surface area contributed by atoms with E-state index in [9.17, 15) is 0 Å². The Labute approximate surface area is 133 Å². The van der Waals surface area contributed by atoms with Crippen LogP contribution in [0.4, 0.5) is 5.69 Å². The van der Waals surface area contributed by atoms with Crippen molar-refractivity contribution in [3.8, 4) is 11.5 Å². The molecule has 110 valence electrons. The van der Waals surface area contributed by atoms with Crippen LogP contribution in [0.5, 0.6) is 11.5 Å². The van der Waals surface area contributed by atoms with Gasteiger partial charge in [0.15, 0.2) is 0 Å². The van der Waals surface area contributed by atoms with Gasteiger partial charge in [0.1, 0.15) is 11.5 Å². The van der Waals surface area contributed by atoms with Gasteiger partial charge in [-0.15, -0.1) is 0 Å². The summed E-state index contributed by atoms with van der Waals surface area (Å²) >= 11 is 3.53. The Bertz CT molecular complexity index is 630. The van der Waals surface area contributed by atoms with E-state index in [1.807, 2.05) is 37.3 Å². The summed E-state index contributed by atoms with van der Waals surface area (Å²) in [6, 6.07) is 14.5. The maximum Gasteiger partial charge on any atom is 0.124 e. The van der Waals surface area contributed by atoms with Gasteiger partial charge < -0.3 is 14.8 Å². The Hall–Kier alpha value is -1.68. The van der Waals surface area contributed by atoms with Gasteiger partial charge in [-0.3, -0.25) is 0 Å². The van der Waals surface area contributed by atoms with E-state index in [-0.39, 0.29) is 6.04 Å². The predicted octanol–water partition coefficient (Wildman–Crippen LogP) is 4.78. The van der Waals surface area contributed by atoms with E-state index in [1.54, 1.807) is 0 Å². The third-order valence-corrected chi connectivity index (χ3v) is 3.99. The van der Waals surface area contributed by atoms with Crippen molar-refractivity contribution in [1.82, 2.24) is 0 Å². The number of fused-ring (bicyclic) bond motifs is 1. The highest BCUT2D eigenvalue weighted by molar-refractivity contribution is 9.10. The molecule has 0 bridgehead atoms. The molecule has 21 heavy (non-hydrogen) atoms. The minimum atomic E-state index is 0.253. The van der Waals surface area contributed by atoms with Gasteiger partial charge in [0, 0.05) is 28.2 Å². The van der Waals surface area contributed by atoms with Crippen molar-refractivity contribution in [3.63, 3.8) is 0 Å². The summed E-state index contributed by atoms with van der Waals surface area (Å²) in [6.45, 7) is 3.40. The standard InChI is InChI=1S/C17H18BrNO2/c1-2-20-14-5-3-4-13(11-14)19-16-8-9-21-17-7-6-12(18)10-15(16)17/h3-7,10-11,16,19H,2,8-9H2,1H3. The number of hydrogen-bond acceptors (Lipinski definition) is 3. The highest BCUT2D eigenvalue weighted by Gasteiger charge is 2.21. The zero-order chi connectivity index (χ0) is 14.7. The monoisotopic (exact) mass is 347 g/mol. The van der Waals surface area contributed by atoms with Gasteiger partial charge in [-0.1, -0.05) is 22.0 Å². The van der Waals surface area contributed by atoms with Gasteiger partial charge in [-0.05, 0) is 37.3 Å². The van der Waals surface area contributed by atoms with Crippen molar-refractivity contribution in [2.45, 2.75) is 19.4 Å².